The van der Waals surface area contributed by atoms with Gasteiger partial charge in [0, 0.05) is 0 Å². The minimum Gasteiger partial charge on any atom is -0.412 e. The van der Waals surface area contributed by atoms with E-state index in [-0.39, 0.29) is 49.3 Å². The Kier molecular flexibility index (Phi) is 1580. The molecule has 80 valence electrons. The fourth-order valence-corrected chi connectivity index (χ4v) is 0. The predicted molar refractivity (Wildman–Crippen MR) is 32.0 cm³/mol. The van der Waals surface area contributed by atoms with Crippen molar-refractivity contribution in [1.29, 1.82) is 0 Å². The molecule has 0 spiro atoms. The summed E-state index contributed by atoms with van der Waals surface area (Å²) in [6.07, 6.45) is 0. The van der Waals surface area contributed by atoms with Crippen molar-refractivity contribution in [3.8, 4) is 0 Å². The maximum absolute atomic E-state index is 8.25. The van der Waals surface area contributed by atoms with E-state index in [1.165, 1.54) is 0 Å². The Morgan fingerprint density at radius 1 is 0.727 bits per heavy atom. The summed E-state index contributed by atoms with van der Waals surface area (Å²) in [4.78, 5) is 8.25. The molecule has 0 atom stereocenters. The molecule has 12 N–H and O–H groups in total. The SMILES string of the molecule is O.O.O.O.O.O.O=[N+]([O-])[O-].[Ni+2]. The second-order valence-electron chi connectivity index (χ2n) is 0.224. The van der Waals surface area contributed by atoms with Crippen molar-refractivity contribution in [2.75, 3.05) is 0 Å². The molecule has 11 heavy (non-hydrogen) atoms. The van der Waals surface area contributed by atoms with E-state index in [1.807, 2.05) is 0 Å². The van der Waals surface area contributed by atoms with Crippen LogP contribution in [0, 0.1) is 15.3 Å². The van der Waals surface area contributed by atoms with Gasteiger partial charge in [0.25, 0.3) is 0 Å². The summed E-state index contributed by atoms with van der Waals surface area (Å²) in [6.45, 7) is 0. The van der Waals surface area contributed by atoms with Crippen LogP contribution in [0.3, 0.4) is 0 Å². The first-order chi connectivity index (χ1) is 1.73. The molecule has 0 aliphatic heterocycles. The van der Waals surface area contributed by atoms with Crippen LogP contribution < -0.4 is 0 Å². The van der Waals surface area contributed by atoms with Gasteiger partial charge in [0.15, 0.2) is 0 Å². The first kappa shape index (κ1) is 155. The number of nitrogens with zero attached hydrogens (tertiary/aromatic N) is 1. The molecule has 0 heterocycles. The smallest absolute Gasteiger partial charge is 0.412 e. The van der Waals surface area contributed by atoms with E-state index < -0.39 is 5.09 Å². The average Bonchev–Trinajstić information content (AvgIpc) is 0.811. The molecule has 0 aliphatic carbocycles. The molecule has 0 unspecified atom stereocenters. The molecule has 10 nitrogen and oxygen atoms in total. The minimum absolute atomic E-state index is 0. The van der Waals surface area contributed by atoms with Crippen molar-refractivity contribution in [3.05, 3.63) is 15.3 Å². The Morgan fingerprint density at radius 3 is 0.727 bits per heavy atom. The van der Waals surface area contributed by atoms with Gasteiger partial charge < -0.3 is 48.2 Å². The van der Waals surface area contributed by atoms with Gasteiger partial charge in [-0.05, 0) is 0 Å². The zero-order valence-electron chi connectivity index (χ0n) is 4.99. The molecule has 11 heteroatoms. The first-order valence-electron chi connectivity index (χ1n) is 0.548. The van der Waals surface area contributed by atoms with Gasteiger partial charge in [-0.1, -0.05) is 0 Å². The maximum Gasteiger partial charge on any atom is 2.00 e. The molecule has 0 amide bonds. The van der Waals surface area contributed by atoms with Gasteiger partial charge in [0.05, 0.1) is 5.09 Å². The van der Waals surface area contributed by atoms with Crippen LogP contribution in [0.2, 0.25) is 0 Å². The first-order valence-corrected chi connectivity index (χ1v) is 0.548. The van der Waals surface area contributed by atoms with Crippen molar-refractivity contribution in [3.63, 3.8) is 0 Å². The second-order valence-corrected chi connectivity index (χ2v) is 0.224. The number of hydrogen-bond acceptors (Lipinski definition) is 3. The maximum atomic E-state index is 8.25. The van der Waals surface area contributed by atoms with Crippen molar-refractivity contribution in [2.45, 2.75) is 0 Å². The van der Waals surface area contributed by atoms with E-state index >= 15 is 0 Å². The summed E-state index contributed by atoms with van der Waals surface area (Å²) in [7, 11) is 0. The predicted octanol–water partition coefficient (Wildman–Crippen LogP) is -5.19. The molecule has 0 fully saturated rings. The summed E-state index contributed by atoms with van der Waals surface area (Å²) in [5, 5.41) is 14.8. The fraction of sp³-hybridized carbons (Fsp3) is 0. The minimum atomic E-state index is -1.75. The zero-order valence-corrected chi connectivity index (χ0v) is 5.98. The van der Waals surface area contributed by atoms with Crippen LogP contribution in [0.1, 0.15) is 0 Å². The summed E-state index contributed by atoms with van der Waals surface area (Å²) in [6, 6.07) is 0. The average molecular weight is 229 g/mol. The van der Waals surface area contributed by atoms with Gasteiger partial charge in [-0.25, -0.2) is 0 Å². The molecule has 0 aliphatic rings. The van der Waals surface area contributed by atoms with Gasteiger partial charge in [0.1, 0.15) is 0 Å². The second kappa shape index (κ2) is 112. The molecule has 0 aromatic heterocycles. The summed E-state index contributed by atoms with van der Waals surface area (Å²) < 4.78 is 0. The van der Waals surface area contributed by atoms with Crippen molar-refractivity contribution < 1.29 is 54.4 Å². The third-order valence-electron chi connectivity index (χ3n) is 0. The van der Waals surface area contributed by atoms with E-state index in [0.29, 0.717) is 0 Å². The van der Waals surface area contributed by atoms with Crippen LogP contribution in [0.5, 0.6) is 0 Å². The van der Waals surface area contributed by atoms with E-state index in [1.54, 1.807) is 0 Å². The third kappa shape index (κ3) is 1760. The van der Waals surface area contributed by atoms with Gasteiger partial charge in [-0.3, -0.25) is 0 Å². The monoisotopic (exact) mass is 228 g/mol. The molecule has 0 radical (unpaired) electrons. The molecule has 0 saturated carbocycles. The van der Waals surface area contributed by atoms with Crippen molar-refractivity contribution >= 4 is 0 Å². The Labute approximate surface area is 70.7 Å². The molecule has 0 aromatic carbocycles. The van der Waals surface area contributed by atoms with Gasteiger partial charge >= 0.3 is 16.5 Å². The van der Waals surface area contributed by atoms with Crippen LogP contribution in [0.25, 0.3) is 0 Å². The summed E-state index contributed by atoms with van der Waals surface area (Å²) in [5.74, 6) is 0. The topological polar surface area (TPSA) is 255 Å². The number of hydrogen-bond donors (Lipinski definition) is 0. The molecule has 0 aromatic rings. The molecule has 0 rings (SSSR count). The molecular formula is H12NNiO9+. The Morgan fingerprint density at radius 2 is 0.727 bits per heavy atom. The molecule has 0 bridgehead atoms. The van der Waals surface area contributed by atoms with Crippen molar-refractivity contribution in [2.24, 2.45) is 0 Å². The standard InChI is InChI=1S/NO3.Ni.6H2O/c2-1(3)4;;;;;;;/h;;6*1H2/q-1;+2;;;;;;. The molecular weight excluding hydrogens is 217 g/mol. The third-order valence-corrected chi connectivity index (χ3v) is 0. The van der Waals surface area contributed by atoms with E-state index in [9.17, 15) is 0 Å². The number of rotatable bonds is 0. The Bertz CT molecular complexity index is 32.5. The quantitative estimate of drug-likeness (QED) is 0.224. The summed E-state index contributed by atoms with van der Waals surface area (Å²) >= 11 is 0. The van der Waals surface area contributed by atoms with Crippen LogP contribution in [-0.4, -0.2) is 37.9 Å². The Hall–Kier alpha value is -0.546. The van der Waals surface area contributed by atoms with Crippen molar-refractivity contribution in [1.82, 2.24) is 0 Å². The fourth-order valence-electron chi connectivity index (χ4n) is 0. The van der Waals surface area contributed by atoms with E-state index in [0.717, 1.165) is 0 Å². The van der Waals surface area contributed by atoms with Crippen LogP contribution in [0.15, 0.2) is 0 Å². The zero-order chi connectivity index (χ0) is 3.58. The van der Waals surface area contributed by atoms with E-state index in [4.69, 9.17) is 15.3 Å². The Balaban J connectivity index is -0.00000000214. The van der Waals surface area contributed by atoms with Crippen LogP contribution in [0.4, 0.5) is 0 Å². The normalized spacial score (nSPS) is 2.18. The largest absolute Gasteiger partial charge is 2.00 e. The van der Waals surface area contributed by atoms with Gasteiger partial charge in [-0.2, -0.15) is 0 Å². The summed E-state index contributed by atoms with van der Waals surface area (Å²) in [5.41, 5.74) is 0. The molecule has 0 saturated heterocycles. The van der Waals surface area contributed by atoms with Crippen LogP contribution in [-0.2, 0) is 16.5 Å². The van der Waals surface area contributed by atoms with Crippen LogP contribution >= 0.6 is 0 Å². The van der Waals surface area contributed by atoms with Gasteiger partial charge in [-0.15, -0.1) is 0 Å². The van der Waals surface area contributed by atoms with E-state index in [2.05, 4.69) is 0 Å². The van der Waals surface area contributed by atoms with Gasteiger partial charge in [0.2, 0.25) is 0 Å².